The van der Waals surface area contributed by atoms with E-state index in [9.17, 15) is 10.5 Å². The highest BCUT2D eigenvalue weighted by molar-refractivity contribution is 5.86. The van der Waals surface area contributed by atoms with Gasteiger partial charge in [-0.3, -0.25) is 0 Å². The van der Waals surface area contributed by atoms with E-state index in [1.165, 1.54) is 38.5 Å². The molecule has 244 valence electrons. The molecule has 47 heavy (non-hydrogen) atoms. The molecule has 0 bridgehead atoms. The third-order valence-corrected chi connectivity index (χ3v) is 8.62. The number of anilines is 1. The molecule has 0 aliphatic carbocycles. The van der Waals surface area contributed by atoms with Gasteiger partial charge in [-0.2, -0.15) is 10.5 Å². The fourth-order valence-corrected chi connectivity index (χ4v) is 6.27. The number of nitriles is 2. The van der Waals surface area contributed by atoms with Gasteiger partial charge in [-0.1, -0.05) is 113 Å². The molecule has 6 nitrogen and oxygen atoms in total. The molecule has 4 aromatic carbocycles. The highest BCUT2D eigenvalue weighted by Gasteiger charge is 2.26. The van der Waals surface area contributed by atoms with Crippen LogP contribution in [0.15, 0.2) is 78.9 Å². The summed E-state index contributed by atoms with van der Waals surface area (Å²) < 4.78 is 17.1. The first-order chi connectivity index (χ1) is 23.1. The monoisotopic (exact) mass is 629 g/mol. The van der Waals surface area contributed by atoms with Gasteiger partial charge in [-0.25, -0.2) is 0 Å². The van der Waals surface area contributed by atoms with Crippen molar-refractivity contribution in [3.05, 3.63) is 107 Å². The Balaban J connectivity index is 1.87. The van der Waals surface area contributed by atoms with Crippen LogP contribution < -0.4 is 19.1 Å². The van der Waals surface area contributed by atoms with E-state index in [1.807, 2.05) is 54.6 Å². The molecular weight excluding hydrogens is 582 g/mol. The maximum atomic E-state index is 11.0. The Kier molecular flexibility index (Phi) is 13.6. The lowest BCUT2D eigenvalue weighted by Gasteiger charge is -2.29. The van der Waals surface area contributed by atoms with E-state index >= 15 is 0 Å². The zero-order valence-electron chi connectivity index (χ0n) is 28.4. The Morgan fingerprint density at radius 1 is 0.638 bits per heavy atom. The van der Waals surface area contributed by atoms with Gasteiger partial charge >= 0.3 is 0 Å². The predicted octanol–water partition coefficient (Wildman–Crippen LogP) is 10.0. The standard InChI is InChI=1S/C41H47N3O3/c1-5-6-7-8-9-10-11-18-23-33-24-35(27-42)40(44(29-31-19-14-12-15-20-31)30-32-21-16-13-17-22-32)36(28-43)39(33)34-25-37(45-2)41(47-4)38(26-34)46-3/h12-17,19-22,24-26H,5-11,18,23,29-30H2,1-4H3. The van der Waals surface area contributed by atoms with E-state index in [-0.39, 0.29) is 0 Å². The summed E-state index contributed by atoms with van der Waals surface area (Å²) in [6, 6.07) is 31.2. The van der Waals surface area contributed by atoms with Crippen LogP contribution in [0, 0.1) is 22.7 Å². The molecule has 0 N–H and O–H groups in total. The molecule has 0 unspecified atom stereocenters. The Bertz CT molecular complexity index is 1590. The molecule has 0 saturated heterocycles. The minimum Gasteiger partial charge on any atom is -0.493 e. The molecule has 0 fully saturated rings. The van der Waals surface area contributed by atoms with Gasteiger partial charge in [0.2, 0.25) is 5.75 Å². The SMILES string of the molecule is CCCCCCCCCCc1cc(C#N)c(N(Cc2ccccc2)Cc2ccccc2)c(C#N)c1-c1cc(OC)c(OC)c(OC)c1. The second-order valence-corrected chi connectivity index (χ2v) is 11.9. The summed E-state index contributed by atoms with van der Waals surface area (Å²) in [7, 11) is 4.78. The maximum absolute atomic E-state index is 11.0. The molecule has 0 atom stereocenters. The quantitative estimate of drug-likeness (QED) is 0.102. The fraction of sp³-hybridized carbons (Fsp3) is 0.366. The lowest BCUT2D eigenvalue weighted by atomic mass is 9.87. The van der Waals surface area contributed by atoms with Crippen LogP contribution in [0.2, 0.25) is 0 Å². The van der Waals surface area contributed by atoms with Gasteiger partial charge in [-0.05, 0) is 53.3 Å². The molecule has 0 amide bonds. The third-order valence-electron chi connectivity index (χ3n) is 8.62. The topological polar surface area (TPSA) is 78.5 Å². The average Bonchev–Trinajstić information content (AvgIpc) is 3.11. The minimum atomic E-state index is 0.472. The van der Waals surface area contributed by atoms with Crippen LogP contribution in [-0.2, 0) is 19.5 Å². The molecule has 4 rings (SSSR count). The zero-order chi connectivity index (χ0) is 33.4. The van der Waals surface area contributed by atoms with Crippen molar-refractivity contribution in [3.63, 3.8) is 0 Å². The molecule has 0 saturated carbocycles. The highest BCUT2D eigenvalue weighted by atomic mass is 16.5. The van der Waals surface area contributed by atoms with Gasteiger partial charge in [0.1, 0.15) is 12.1 Å². The second kappa shape index (κ2) is 18.3. The Labute approximate surface area is 281 Å². The van der Waals surface area contributed by atoms with Gasteiger partial charge < -0.3 is 19.1 Å². The number of rotatable bonds is 18. The molecule has 0 heterocycles. The lowest BCUT2D eigenvalue weighted by Crippen LogP contribution is -2.24. The first-order valence-electron chi connectivity index (χ1n) is 16.7. The van der Waals surface area contributed by atoms with Crippen molar-refractivity contribution < 1.29 is 14.2 Å². The van der Waals surface area contributed by atoms with Gasteiger partial charge in [0.05, 0.1) is 38.1 Å². The summed E-state index contributed by atoms with van der Waals surface area (Å²) >= 11 is 0. The van der Waals surface area contributed by atoms with Crippen molar-refractivity contribution in [2.75, 3.05) is 26.2 Å². The summed E-state index contributed by atoms with van der Waals surface area (Å²) in [6.45, 7) is 3.31. The van der Waals surface area contributed by atoms with E-state index < -0.39 is 0 Å². The minimum absolute atomic E-state index is 0.472. The van der Waals surface area contributed by atoms with Crippen molar-refractivity contribution in [3.8, 4) is 40.5 Å². The molecule has 0 aliphatic rings. The largest absolute Gasteiger partial charge is 0.493 e. The Morgan fingerprint density at radius 3 is 1.64 bits per heavy atom. The van der Waals surface area contributed by atoms with Crippen molar-refractivity contribution in [2.24, 2.45) is 0 Å². The highest BCUT2D eigenvalue weighted by Crippen LogP contribution is 2.45. The smallest absolute Gasteiger partial charge is 0.203 e. The molecular formula is C41H47N3O3. The number of ether oxygens (including phenoxy) is 3. The van der Waals surface area contributed by atoms with E-state index in [0.29, 0.717) is 47.2 Å². The van der Waals surface area contributed by atoms with Crippen LogP contribution >= 0.6 is 0 Å². The van der Waals surface area contributed by atoms with Crippen LogP contribution in [0.1, 0.15) is 86.1 Å². The molecule has 0 spiro atoms. The van der Waals surface area contributed by atoms with E-state index in [0.717, 1.165) is 47.1 Å². The summed E-state index contributed by atoms with van der Waals surface area (Å²) in [4.78, 5) is 2.16. The zero-order valence-corrected chi connectivity index (χ0v) is 28.4. The number of nitrogens with zero attached hydrogens (tertiary/aromatic N) is 3. The number of unbranched alkanes of at least 4 members (excludes halogenated alkanes) is 7. The van der Waals surface area contributed by atoms with Crippen LogP contribution in [-0.4, -0.2) is 21.3 Å². The Hall–Kier alpha value is -4.94. The summed E-state index contributed by atoms with van der Waals surface area (Å²) in [5.41, 5.74) is 6.35. The molecule has 0 aromatic heterocycles. The molecule has 0 aliphatic heterocycles. The molecule has 4 aromatic rings. The summed E-state index contributed by atoms with van der Waals surface area (Å²) in [5, 5.41) is 21.6. The van der Waals surface area contributed by atoms with E-state index in [1.54, 1.807) is 21.3 Å². The number of methoxy groups -OCH3 is 3. The van der Waals surface area contributed by atoms with E-state index in [2.05, 4.69) is 48.2 Å². The number of benzene rings is 4. The number of hydrogen-bond donors (Lipinski definition) is 0. The van der Waals surface area contributed by atoms with Gasteiger partial charge in [0, 0.05) is 18.7 Å². The second-order valence-electron chi connectivity index (χ2n) is 11.9. The predicted molar refractivity (Wildman–Crippen MR) is 190 cm³/mol. The summed E-state index contributed by atoms with van der Waals surface area (Å²) in [5.74, 6) is 1.52. The average molecular weight is 630 g/mol. The third kappa shape index (κ3) is 9.08. The number of aryl methyl sites for hydroxylation is 1. The van der Waals surface area contributed by atoms with Crippen molar-refractivity contribution >= 4 is 5.69 Å². The van der Waals surface area contributed by atoms with Crippen molar-refractivity contribution in [1.82, 2.24) is 0 Å². The Morgan fingerprint density at radius 2 is 1.17 bits per heavy atom. The normalized spacial score (nSPS) is 10.6. The fourth-order valence-electron chi connectivity index (χ4n) is 6.27. The van der Waals surface area contributed by atoms with Crippen LogP contribution in [0.4, 0.5) is 5.69 Å². The number of hydrogen-bond acceptors (Lipinski definition) is 6. The van der Waals surface area contributed by atoms with Crippen LogP contribution in [0.25, 0.3) is 11.1 Å². The maximum Gasteiger partial charge on any atom is 0.203 e. The molecule has 0 radical (unpaired) electrons. The lowest BCUT2D eigenvalue weighted by molar-refractivity contribution is 0.324. The van der Waals surface area contributed by atoms with E-state index in [4.69, 9.17) is 14.2 Å². The van der Waals surface area contributed by atoms with Gasteiger partial charge in [0.25, 0.3) is 0 Å². The van der Waals surface area contributed by atoms with Gasteiger partial charge in [-0.15, -0.1) is 0 Å². The van der Waals surface area contributed by atoms with Crippen molar-refractivity contribution in [1.29, 1.82) is 10.5 Å². The van der Waals surface area contributed by atoms with Gasteiger partial charge in [0.15, 0.2) is 11.5 Å². The van der Waals surface area contributed by atoms with Crippen LogP contribution in [0.5, 0.6) is 17.2 Å². The molecule has 6 heteroatoms. The first-order valence-corrected chi connectivity index (χ1v) is 16.7. The summed E-state index contributed by atoms with van der Waals surface area (Å²) in [6.07, 6.45) is 10.3. The first kappa shape index (κ1) is 34.9. The van der Waals surface area contributed by atoms with Crippen LogP contribution in [0.3, 0.4) is 0 Å². The van der Waals surface area contributed by atoms with Crippen molar-refractivity contribution in [2.45, 2.75) is 77.8 Å².